The fourth-order valence-electron chi connectivity index (χ4n) is 5.25. The molecule has 2 saturated heterocycles. The summed E-state index contributed by atoms with van der Waals surface area (Å²) in [4.78, 5) is 16.7. The van der Waals surface area contributed by atoms with Crippen molar-refractivity contribution in [3.05, 3.63) is 53.1 Å². The van der Waals surface area contributed by atoms with Crippen molar-refractivity contribution >= 4 is 11.6 Å². The molecule has 0 aliphatic carbocycles. The first-order chi connectivity index (χ1) is 16.2. The summed E-state index contributed by atoms with van der Waals surface area (Å²) in [6.45, 7) is 1.46. The summed E-state index contributed by atoms with van der Waals surface area (Å²) in [6.07, 6.45) is -4.02. The van der Waals surface area contributed by atoms with E-state index in [1.165, 1.54) is 12.1 Å². The molecule has 3 heterocycles. The number of alkyl halides is 3. The quantitative estimate of drug-likeness (QED) is 0.737. The normalized spacial score (nSPS) is 23.6. The molecule has 2 atom stereocenters. The van der Waals surface area contributed by atoms with E-state index in [0.29, 0.717) is 55.3 Å². The van der Waals surface area contributed by atoms with E-state index < -0.39 is 22.7 Å². The molecule has 178 valence electrons. The summed E-state index contributed by atoms with van der Waals surface area (Å²) < 4.78 is 51.0. The first-order valence-corrected chi connectivity index (χ1v) is 10.9. The van der Waals surface area contributed by atoms with Gasteiger partial charge in [-0.3, -0.25) is 4.79 Å². The maximum absolute atomic E-state index is 13.5. The summed E-state index contributed by atoms with van der Waals surface area (Å²) in [5, 5.41) is 19.4. The smallest absolute Gasteiger partial charge is 0.417 e. The SMILES string of the molecule is N#Cc1ccc(N2C[C@@H]3CCN(C(=O)c4ccc5c(c4)OCO5)C[C@]3(CO)C2)cc1C(F)(F)F. The summed E-state index contributed by atoms with van der Waals surface area (Å²) in [5.74, 6) is 0.907. The van der Waals surface area contributed by atoms with Crippen LogP contribution in [0.4, 0.5) is 18.9 Å². The molecular formula is C24H22F3N3O4. The van der Waals surface area contributed by atoms with Gasteiger partial charge >= 0.3 is 6.18 Å². The van der Waals surface area contributed by atoms with E-state index in [9.17, 15) is 23.1 Å². The van der Waals surface area contributed by atoms with Crippen LogP contribution >= 0.6 is 0 Å². The van der Waals surface area contributed by atoms with Crippen LogP contribution in [0, 0.1) is 22.7 Å². The van der Waals surface area contributed by atoms with Crippen LogP contribution in [-0.2, 0) is 6.18 Å². The highest BCUT2D eigenvalue weighted by Crippen LogP contribution is 2.45. The second-order valence-electron chi connectivity index (χ2n) is 9.02. The number of carbonyl (C=O) groups is 1. The topological polar surface area (TPSA) is 86.0 Å². The monoisotopic (exact) mass is 473 g/mol. The minimum absolute atomic E-state index is 0.0169. The average molecular weight is 473 g/mol. The third kappa shape index (κ3) is 3.70. The zero-order chi connectivity index (χ0) is 24.1. The molecule has 0 unspecified atom stereocenters. The van der Waals surface area contributed by atoms with E-state index in [1.54, 1.807) is 29.2 Å². The van der Waals surface area contributed by atoms with Crippen molar-refractivity contribution in [3.63, 3.8) is 0 Å². The second kappa shape index (κ2) is 8.09. The Hall–Kier alpha value is -3.45. The Morgan fingerprint density at radius 3 is 2.71 bits per heavy atom. The van der Waals surface area contributed by atoms with Crippen molar-refractivity contribution in [2.24, 2.45) is 11.3 Å². The van der Waals surface area contributed by atoms with Gasteiger partial charge in [0.15, 0.2) is 11.5 Å². The maximum Gasteiger partial charge on any atom is 0.417 e. The van der Waals surface area contributed by atoms with Crippen LogP contribution in [-0.4, -0.2) is 55.5 Å². The van der Waals surface area contributed by atoms with E-state index in [0.717, 1.165) is 6.07 Å². The van der Waals surface area contributed by atoms with Gasteiger partial charge in [0.25, 0.3) is 5.91 Å². The molecular weight excluding hydrogens is 451 g/mol. The standard InChI is InChI=1S/C24H22F3N3O4/c25-24(26,27)19-8-18(3-1-16(19)9-28)30-10-17-5-6-29(11-23(17,12-30)13-31)22(32)15-2-4-20-21(7-15)34-14-33-20/h1-4,7-8,17,31H,5-6,10-14H2/t17-,23+/m0/s1. The Kier molecular flexibility index (Phi) is 5.32. The van der Waals surface area contributed by atoms with Gasteiger partial charge in [-0.05, 0) is 48.7 Å². The molecule has 0 bridgehead atoms. The van der Waals surface area contributed by atoms with E-state index in [-0.39, 0.29) is 25.2 Å². The van der Waals surface area contributed by atoms with E-state index in [1.807, 2.05) is 4.90 Å². The van der Waals surface area contributed by atoms with Crippen molar-refractivity contribution in [2.45, 2.75) is 12.6 Å². The number of likely N-dealkylation sites (tertiary alicyclic amines) is 1. The molecule has 1 N–H and O–H groups in total. The number of ether oxygens (including phenoxy) is 2. The van der Waals surface area contributed by atoms with Gasteiger partial charge in [0.2, 0.25) is 6.79 Å². The van der Waals surface area contributed by atoms with Gasteiger partial charge in [0.1, 0.15) is 0 Å². The predicted molar refractivity (Wildman–Crippen MR) is 114 cm³/mol. The molecule has 0 radical (unpaired) electrons. The summed E-state index contributed by atoms with van der Waals surface area (Å²) >= 11 is 0. The van der Waals surface area contributed by atoms with Gasteiger partial charge in [-0.2, -0.15) is 18.4 Å². The van der Waals surface area contributed by atoms with Crippen LogP contribution in [0.3, 0.4) is 0 Å². The summed E-state index contributed by atoms with van der Waals surface area (Å²) in [6, 6.07) is 10.3. The number of piperidine rings is 1. The van der Waals surface area contributed by atoms with E-state index in [2.05, 4.69) is 0 Å². The number of benzene rings is 2. The largest absolute Gasteiger partial charge is 0.454 e. The number of aliphatic hydroxyl groups excluding tert-OH is 1. The summed E-state index contributed by atoms with van der Waals surface area (Å²) in [5.41, 5.74) is -1.25. The number of fused-ring (bicyclic) bond motifs is 2. The Morgan fingerprint density at radius 1 is 1.18 bits per heavy atom. The lowest BCUT2D eigenvalue weighted by Gasteiger charge is -2.43. The second-order valence-corrected chi connectivity index (χ2v) is 9.02. The fraction of sp³-hybridized carbons (Fsp3) is 0.417. The molecule has 0 saturated carbocycles. The molecule has 34 heavy (non-hydrogen) atoms. The molecule has 7 nitrogen and oxygen atoms in total. The third-order valence-corrected chi connectivity index (χ3v) is 7.08. The Balaban J connectivity index is 1.38. The minimum atomic E-state index is -4.64. The van der Waals surface area contributed by atoms with Crippen LogP contribution in [0.25, 0.3) is 0 Å². The molecule has 2 aromatic carbocycles. The van der Waals surface area contributed by atoms with Crippen molar-refractivity contribution in [2.75, 3.05) is 44.5 Å². The first kappa shape index (κ1) is 22.3. The zero-order valence-electron chi connectivity index (χ0n) is 18.1. The van der Waals surface area contributed by atoms with E-state index in [4.69, 9.17) is 14.7 Å². The molecule has 10 heteroatoms. The van der Waals surface area contributed by atoms with Gasteiger partial charge in [0, 0.05) is 42.8 Å². The number of carbonyl (C=O) groups excluding carboxylic acids is 1. The maximum atomic E-state index is 13.5. The lowest BCUT2D eigenvalue weighted by molar-refractivity contribution is -0.137. The molecule has 2 fully saturated rings. The van der Waals surface area contributed by atoms with Crippen LogP contribution < -0.4 is 14.4 Å². The molecule has 2 aromatic rings. The number of aliphatic hydroxyl groups is 1. The molecule has 3 aliphatic heterocycles. The van der Waals surface area contributed by atoms with Gasteiger partial charge in [-0.15, -0.1) is 0 Å². The lowest BCUT2D eigenvalue weighted by Crippen LogP contribution is -2.52. The van der Waals surface area contributed by atoms with Crippen LogP contribution in [0.2, 0.25) is 0 Å². The van der Waals surface area contributed by atoms with Crippen LogP contribution in [0.5, 0.6) is 11.5 Å². The van der Waals surface area contributed by atoms with Crippen molar-refractivity contribution in [1.82, 2.24) is 4.90 Å². The zero-order valence-corrected chi connectivity index (χ0v) is 18.1. The fourth-order valence-corrected chi connectivity index (χ4v) is 5.25. The van der Waals surface area contributed by atoms with Crippen molar-refractivity contribution in [1.29, 1.82) is 5.26 Å². The van der Waals surface area contributed by atoms with Gasteiger partial charge in [-0.25, -0.2) is 0 Å². The van der Waals surface area contributed by atoms with E-state index >= 15 is 0 Å². The Bertz CT molecular complexity index is 1180. The van der Waals surface area contributed by atoms with Gasteiger partial charge in [-0.1, -0.05) is 0 Å². The number of nitrogens with zero attached hydrogens (tertiary/aromatic N) is 3. The number of hydrogen-bond acceptors (Lipinski definition) is 6. The number of nitriles is 1. The van der Waals surface area contributed by atoms with Crippen LogP contribution in [0.15, 0.2) is 36.4 Å². The number of amides is 1. The first-order valence-electron chi connectivity index (χ1n) is 10.9. The highest BCUT2D eigenvalue weighted by atomic mass is 19.4. The van der Waals surface area contributed by atoms with Crippen molar-refractivity contribution in [3.8, 4) is 17.6 Å². The number of rotatable bonds is 3. The number of hydrogen-bond donors (Lipinski definition) is 1. The highest BCUT2D eigenvalue weighted by Gasteiger charge is 2.50. The molecule has 5 rings (SSSR count). The van der Waals surface area contributed by atoms with Gasteiger partial charge < -0.3 is 24.4 Å². The molecule has 1 amide bonds. The molecule has 3 aliphatic rings. The number of halogens is 3. The highest BCUT2D eigenvalue weighted by molar-refractivity contribution is 5.95. The Morgan fingerprint density at radius 2 is 1.97 bits per heavy atom. The Labute approximate surface area is 193 Å². The van der Waals surface area contributed by atoms with Crippen molar-refractivity contribution < 1.29 is 32.5 Å². The molecule has 0 aromatic heterocycles. The van der Waals surface area contributed by atoms with Crippen LogP contribution in [0.1, 0.15) is 27.9 Å². The lowest BCUT2D eigenvalue weighted by atomic mass is 9.74. The summed E-state index contributed by atoms with van der Waals surface area (Å²) in [7, 11) is 0. The number of anilines is 1. The predicted octanol–water partition coefficient (Wildman–Crippen LogP) is 3.27. The minimum Gasteiger partial charge on any atom is -0.454 e. The third-order valence-electron chi connectivity index (χ3n) is 7.08. The molecule has 0 spiro atoms. The van der Waals surface area contributed by atoms with Gasteiger partial charge in [0.05, 0.1) is 23.8 Å². The average Bonchev–Trinajstić information content (AvgIpc) is 3.46.